The lowest BCUT2D eigenvalue weighted by Crippen LogP contribution is -2.52. The summed E-state index contributed by atoms with van der Waals surface area (Å²) in [6.45, 7) is 3.08. The minimum Gasteiger partial charge on any atom is -0.481 e. The highest BCUT2D eigenvalue weighted by atomic mass is 16.4. The molecule has 4 N–H and O–H groups in total. The molecule has 114 valence electrons. The summed E-state index contributed by atoms with van der Waals surface area (Å²) in [6, 6.07) is -1.53. The number of carbonyl (C=O) groups excluding carboxylic acids is 2. The summed E-state index contributed by atoms with van der Waals surface area (Å²) in [5, 5.41) is 11.1. The van der Waals surface area contributed by atoms with Crippen LogP contribution in [0.3, 0.4) is 0 Å². The SMILES string of the molecule is CC(NC(=O)C(N)CCC(=O)O)C(=O)N1CCCCC1. The van der Waals surface area contributed by atoms with Gasteiger partial charge in [0.15, 0.2) is 0 Å². The Kier molecular flexibility index (Phi) is 6.44. The van der Waals surface area contributed by atoms with Gasteiger partial charge in [0, 0.05) is 19.5 Å². The smallest absolute Gasteiger partial charge is 0.303 e. The minimum absolute atomic E-state index is 0.0613. The van der Waals surface area contributed by atoms with Gasteiger partial charge < -0.3 is 21.1 Å². The molecule has 2 atom stereocenters. The molecular formula is C13H23N3O4. The number of piperidine rings is 1. The highest BCUT2D eigenvalue weighted by Crippen LogP contribution is 2.10. The van der Waals surface area contributed by atoms with E-state index in [0.29, 0.717) is 0 Å². The number of carboxylic acids is 1. The molecule has 7 heteroatoms. The van der Waals surface area contributed by atoms with Crippen LogP contribution in [-0.4, -0.2) is 53.0 Å². The zero-order valence-electron chi connectivity index (χ0n) is 11.8. The van der Waals surface area contributed by atoms with Crippen molar-refractivity contribution < 1.29 is 19.5 Å². The lowest BCUT2D eigenvalue weighted by atomic mass is 10.1. The van der Waals surface area contributed by atoms with E-state index in [9.17, 15) is 14.4 Å². The second-order valence-electron chi connectivity index (χ2n) is 5.16. The standard InChI is InChI=1S/C13H23N3O4/c1-9(13(20)16-7-3-2-4-8-16)15-12(19)10(14)5-6-11(17)18/h9-10H,2-8,14H2,1H3,(H,15,19)(H,17,18). The van der Waals surface area contributed by atoms with Gasteiger partial charge >= 0.3 is 5.97 Å². The van der Waals surface area contributed by atoms with Crippen LogP contribution < -0.4 is 11.1 Å². The summed E-state index contributed by atoms with van der Waals surface area (Å²) < 4.78 is 0. The van der Waals surface area contributed by atoms with Crippen molar-refractivity contribution in [3.8, 4) is 0 Å². The summed E-state index contributed by atoms with van der Waals surface area (Å²) in [5.74, 6) is -1.58. The summed E-state index contributed by atoms with van der Waals surface area (Å²) in [5.41, 5.74) is 5.59. The highest BCUT2D eigenvalue weighted by molar-refractivity contribution is 5.89. The number of carboxylic acid groups (broad SMARTS) is 1. The lowest BCUT2D eigenvalue weighted by Gasteiger charge is -2.29. The first kappa shape index (κ1) is 16.4. The molecule has 1 heterocycles. The average molecular weight is 285 g/mol. The Hall–Kier alpha value is -1.63. The Morgan fingerprint density at radius 2 is 1.85 bits per heavy atom. The first-order chi connectivity index (χ1) is 9.41. The van der Waals surface area contributed by atoms with Crippen LogP contribution in [0.1, 0.15) is 39.0 Å². The van der Waals surface area contributed by atoms with Crippen LogP contribution in [0.5, 0.6) is 0 Å². The maximum atomic E-state index is 12.1. The highest BCUT2D eigenvalue weighted by Gasteiger charge is 2.25. The number of rotatable bonds is 6. The lowest BCUT2D eigenvalue weighted by molar-refractivity contribution is -0.138. The summed E-state index contributed by atoms with van der Waals surface area (Å²) in [7, 11) is 0. The maximum absolute atomic E-state index is 12.1. The number of nitrogens with two attached hydrogens (primary N) is 1. The molecule has 0 spiro atoms. The predicted octanol–water partition coefficient (Wildman–Crippen LogP) is -0.304. The Morgan fingerprint density at radius 1 is 1.25 bits per heavy atom. The van der Waals surface area contributed by atoms with E-state index >= 15 is 0 Å². The van der Waals surface area contributed by atoms with E-state index in [-0.39, 0.29) is 18.7 Å². The molecule has 0 aromatic carbocycles. The van der Waals surface area contributed by atoms with Gasteiger partial charge in [0.25, 0.3) is 0 Å². The summed E-state index contributed by atoms with van der Waals surface area (Å²) in [4.78, 5) is 36.0. The topological polar surface area (TPSA) is 113 Å². The Morgan fingerprint density at radius 3 is 2.40 bits per heavy atom. The Balaban J connectivity index is 2.39. The van der Waals surface area contributed by atoms with Crippen LogP contribution in [0, 0.1) is 0 Å². The molecule has 2 amide bonds. The van der Waals surface area contributed by atoms with Gasteiger partial charge in [0.05, 0.1) is 6.04 Å². The number of nitrogens with zero attached hydrogens (tertiary/aromatic N) is 1. The largest absolute Gasteiger partial charge is 0.481 e. The normalized spacial score (nSPS) is 18.2. The first-order valence-corrected chi connectivity index (χ1v) is 6.98. The quantitative estimate of drug-likeness (QED) is 0.620. The van der Waals surface area contributed by atoms with Gasteiger partial charge in [0.1, 0.15) is 6.04 Å². The van der Waals surface area contributed by atoms with E-state index < -0.39 is 24.0 Å². The van der Waals surface area contributed by atoms with E-state index in [1.54, 1.807) is 11.8 Å². The van der Waals surface area contributed by atoms with Crippen molar-refractivity contribution in [3.05, 3.63) is 0 Å². The number of hydrogen-bond acceptors (Lipinski definition) is 4. The zero-order valence-corrected chi connectivity index (χ0v) is 11.8. The van der Waals surface area contributed by atoms with Crippen LogP contribution >= 0.6 is 0 Å². The van der Waals surface area contributed by atoms with Crippen LogP contribution in [0.15, 0.2) is 0 Å². The van der Waals surface area contributed by atoms with Crippen molar-refractivity contribution in [2.24, 2.45) is 5.73 Å². The summed E-state index contributed by atoms with van der Waals surface area (Å²) >= 11 is 0. The van der Waals surface area contributed by atoms with Crippen molar-refractivity contribution in [2.75, 3.05) is 13.1 Å². The second-order valence-corrected chi connectivity index (χ2v) is 5.16. The van der Waals surface area contributed by atoms with Gasteiger partial charge in [-0.3, -0.25) is 14.4 Å². The molecule has 1 aliphatic rings. The molecule has 1 fully saturated rings. The number of carbonyl (C=O) groups is 3. The molecule has 20 heavy (non-hydrogen) atoms. The fourth-order valence-corrected chi connectivity index (χ4v) is 2.18. The van der Waals surface area contributed by atoms with Crippen molar-refractivity contribution in [3.63, 3.8) is 0 Å². The Bertz CT molecular complexity index is 367. The third-order valence-electron chi connectivity index (χ3n) is 3.40. The monoisotopic (exact) mass is 285 g/mol. The van der Waals surface area contributed by atoms with Gasteiger partial charge in [-0.25, -0.2) is 0 Å². The number of likely N-dealkylation sites (tertiary alicyclic amines) is 1. The van der Waals surface area contributed by atoms with Gasteiger partial charge in [0.2, 0.25) is 11.8 Å². The molecule has 0 aliphatic carbocycles. The molecular weight excluding hydrogens is 262 g/mol. The van der Waals surface area contributed by atoms with Crippen molar-refractivity contribution in [1.82, 2.24) is 10.2 Å². The number of amides is 2. The van der Waals surface area contributed by atoms with Gasteiger partial charge in [-0.2, -0.15) is 0 Å². The molecule has 2 unspecified atom stereocenters. The minimum atomic E-state index is -0.995. The van der Waals surface area contributed by atoms with Crippen molar-refractivity contribution in [1.29, 1.82) is 0 Å². The van der Waals surface area contributed by atoms with Gasteiger partial charge in [-0.15, -0.1) is 0 Å². The predicted molar refractivity (Wildman–Crippen MR) is 72.9 cm³/mol. The van der Waals surface area contributed by atoms with Crippen molar-refractivity contribution in [2.45, 2.75) is 51.1 Å². The van der Waals surface area contributed by atoms with Crippen LogP contribution in [0.25, 0.3) is 0 Å². The summed E-state index contributed by atoms with van der Waals surface area (Å²) in [6.07, 6.45) is 3.01. The zero-order chi connectivity index (χ0) is 15.1. The van der Waals surface area contributed by atoms with E-state index in [1.807, 2.05) is 0 Å². The average Bonchev–Trinajstić information content (AvgIpc) is 2.44. The van der Waals surface area contributed by atoms with Crippen LogP contribution in [-0.2, 0) is 14.4 Å². The fourth-order valence-electron chi connectivity index (χ4n) is 2.18. The van der Waals surface area contributed by atoms with Crippen molar-refractivity contribution >= 4 is 17.8 Å². The molecule has 0 saturated carbocycles. The molecule has 0 aromatic rings. The van der Waals surface area contributed by atoms with E-state index in [1.165, 1.54) is 0 Å². The van der Waals surface area contributed by atoms with Crippen LogP contribution in [0.2, 0.25) is 0 Å². The number of hydrogen-bond donors (Lipinski definition) is 3. The molecule has 0 aromatic heterocycles. The first-order valence-electron chi connectivity index (χ1n) is 6.98. The van der Waals surface area contributed by atoms with Crippen LogP contribution in [0.4, 0.5) is 0 Å². The molecule has 0 bridgehead atoms. The van der Waals surface area contributed by atoms with Gasteiger partial charge in [-0.1, -0.05) is 0 Å². The second kappa shape index (κ2) is 7.84. The number of nitrogens with one attached hydrogen (secondary N) is 1. The molecule has 1 rings (SSSR count). The molecule has 0 radical (unpaired) electrons. The molecule has 1 saturated heterocycles. The number of aliphatic carboxylic acids is 1. The van der Waals surface area contributed by atoms with E-state index in [4.69, 9.17) is 10.8 Å². The third kappa shape index (κ3) is 5.16. The van der Waals surface area contributed by atoms with E-state index in [2.05, 4.69) is 5.32 Å². The Labute approximate surface area is 118 Å². The third-order valence-corrected chi connectivity index (χ3v) is 3.40. The molecule has 7 nitrogen and oxygen atoms in total. The maximum Gasteiger partial charge on any atom is 0.303 e. The van der Waals surface area contributed by atoms with E-state index in [0.717, 1.165) is 32.4 Å². The molecule has 1 aliphatic heterocycles. The van der Waals surface area contributed by atoms with Gasteiger partial charge in [-0.05, 0) is 32.6 Å². The fraction of sp³-hybridized carbons (Fsp3) is 0.769.